The summed E-state index contributed by atoms with van der Waals surface area (Å²) in [5.74, 6) is 0.436. The molecule has 2 atom stereocenters. The van der Waals surface area contributed by atoms with E-state index in [0.29, 0.717) is 30.3 Å². The minimum absolute atomic E-state index is 0.0296. The van der Waals surface area contributed by atoms with Crippen LogP contribution in [0.1, 0.15) is 47.3 Å². The molecule has 0 saturated carbocycles. The summed E-state index contributed by atoms with van der Waals surface area (Å²) in [5, 5.41) is 3.70. The standard InChI is InChI=1S/C27H28ClN3O3/c1-19(21-8-12-25(13-9-21)34-18-20-4-2-14-29-16-20)30-26(32)23-5-3-15-31(17-23)27(33)22-6-10-24(28)11-7-22/h2,4,6-14,16,19,23H,3,5,15,17-18H2,1H3,(H,30,32). The van der Waals surface area contributed by atoms with Crippen molar-refractivity contribution in [1.29, 1.82) is 0 Å². The van der Waals surface area contributed by atoms with Crippen LogP contribution >= 0.6 is 11.6 Å². The highest BCUT2D eigenvalue weighted by Crippen LogP contribution is 2.23. The van der Waals surface area contributed by atoms with Crippen LogP contribution in [0.3, 0.4) is 0 Å². The second-order valence-electron chi connectivity index (χ2n) is 8.55. The molecule has 176 valence electrons. The Hall–Kier alpha value is -3.38. The van der Waals surface area contributed by atoms with Crippen LogP contribution in [-0.2, 0) is 11.4 Å². The summed E-state index contributed by atoms with van der Waals surface area (Å²) in [4.78, 5) is 31.6. The van der Waals surface area contributed by atoms with E-state index in [4.69, 9.17) is 16.3 Å². The summed E-state index contributed by atoms with van der Waals surface area (Å²) in [6.07, 6.45) is 5.08. The Morgan fingerprint density at radius 3 is 2.62 bits per heavy atom. The lowest BCUT2D eigenvalue weighted by Gasteiger charge is -2.32. The number of carbonyl (C=O) groups excluding carboxylic acids is 2. The maximum atomic E-state index is 13.0. The number of likely N-dealkylation sites (tertiary alicyclic amines) is 1. The predicted molar refractivity (Wildman–Crippen MR) is 132 cm³/mol. The molecule has 0 spiro atoms. The van der Waals surface area contributed by atoms with Crippen molar-refractivity contribution in [2.45, 2.75) is 32.4 Å². The number of aromatic nitrogens is 1. The van der Waals surface area contributed by atoms with Gasteiger partial charge in [0.2, 0.25) is 5.91 Å². The van der Waals surface area contributed by atoms with E-state index >= 15 is 0 Å². The first-order valence-electron chi connectivity index (χ1n) is 11.5. The van der Waals surface area contributed by atoms with Crippen LogP contribution in [0.4, 0.5) is 0 Å². The van der Waals surface area contributed by atoms with Crippen LogP contribution in [0.25, 0.3) is 0 Å². The van der Waals surface area contributed by atoms with E-state index in [0.717, 1.165) is 29.7 Å². The molecule has 0 aliphatic carbocycles. The number of hydrogen-bond donors (Lipinski definition) is 1. The molecule has 4 rings (SSSR count). The molecule has 1 aromatic heterocycles. The first-order chi connectivity index (χ1) is 16.5. The van der Waals surface area contributed by atoms with Crippen molar-refractivity contribution < 1.29 is 14.3 Å². The minimum atomic E-state index is -0.227. The molecule has 1 N–H and O–H groups in total. The number of ether oxygens (including phenoxy) is 1. The van der Waals surface area contributed by atoms with Gasteiger partial charge in [0.15, 0.2) is 0 Å². The fourth-order valence-electron chi connectivity index (χ4n) is 4.07. The molecule has 0 bridgehead atoms. The van der Waals surface area contributed by atoms with Gasteiger partial charge in [0.05, 0.1) is 12.0 Å². The molecule has 2 heterocycles. The van der Waals surface area contributed by atoms with Crippen LogP contribution in [0, 0.1) is 5.92 Å². The quantitative estimate of drug-likeness (QED) is 0.517. The predicted octanol–water partition coefficient (Wildman–Crippen LogP) is 5.04. The highest BCUT2D eigenvalue weighted by atomic mass is 35.5. The zero-order chi connectivity index (χ0) is 23.9. The first-order valence-corrected chi connectivity index (χ1v) is 11.8. The maximum Gasteiger partial charge on any atom is 0.253 e. The molecule has 2 unspecified atom stereocenters. The number of nitrogens with zero attached hydrogens (tertiary/aromatic N) is 2. The fourth-order valence-corrected chi connectivity index (χ4v) is 4.19. The summed E-state index contributed by atoms with van der Waals surface area (Å²) in [6, 6.07) is 18.3. The van der Waals surface area contributed by atoms with Crippen molar-refractivity contribution in [1.82, 2.24) is 15.2 Å². The molecule has 7 heteroatoms. The van der Waals surface area contributed by atoms with E-state index in [1.54, 1.807) is 41.6 Å². The zero-order valence-corrected chi connectivity index (χ0v) is 19.9. The summed E-state index contributed by atoms with van der Waals surface area (Å²) in [6.45, 7) is 3.48. The second-order valence-corrected chi connectivity index (χ2v) is 8.98. The molecule has 1 saturated heterocycles. The van der Waals surface area contributed by atoms with Gasteiger partial charge >= 0.3 is 0 Å². The van der Waals surface area contributed by atoms with E-state index in [9.17, 15) is 9.59 Å². The SMILES string of the molecule is CC(NC(=O)C1CCCN(C(=O)c2ccc(Cl)cc2)C1)c1ccc(OCc2cccnc2)cc1. The molecule has 0 radical (unpaired) electrons. The monoisotopic (exact) mass is 477 g/mol. The smallest absolute Gasteiger partial charge is 0.253 e. The van der Waals surface area contributed by atoms with Crippen LogP contribution in [0.5, 0.6) is 5.75 Å². The summed E-state index contributed by atoms with van der Waals surface area (Å²) in [7, 11) is 0. The van der Waals surface area contributed by atoms with Gasteiger partial charge in [-0.2, -0.15) is 0 Å². The molecule has 2 amide bonds. The third kappa shape index (κ3) is 6.14. The molecule has 1 fully saturated rings. The number of nitrogens with one attached hydrogen (secondary N) is 1. The first kappa shape index (κ1) is 23.8. The van der Waals surface area contributed by atoms with Gasteiger partial charge in [-0.15, -0.1) is 0 Å². The summed E-state index contributed by atoms with van der Waals surface area (Å²) < 4.78 is 5.81. The number of benzene rings is 2. The number of piperidine rings is 1. The van der Waals surface area contributed by atoms with Gasteiger partial charge in [0.1, 0.15) is 12.4 Å². The molecule has 34 heavy (non-hydrogen) atoms. The average Bonchev–Trinajstić information content (AvgIpc) is 2.88. The van der Waals surface area contributed by atoms with E-state index in [1.807, 2.05) is 43.3 Å². The third-order valence-electron chi connectivity index (χ3n) is 6.04. The van der Waals surface area contributed by atoms with Gasteiger partial charge in [-0.25, -0.2) is 0 Å². The molecule has 1 aliphatic heterocycles. The average molecular weight is 478 g/mol. The lowest BCUT2D eigenvalue weighted by atomic mass is 9.95. The van der Waals surface area contributed by atoms with Crippen molar-refractivity contribution >= 4 is 23.4 Å². The zero-order valence-electron chi connectivity index (χ0n) is 19.1. The second kappa shape index (κ2) is 11.2. The van der Waals surface area contributed by atoms with E-state index in [1.165, 1.54) is 0 Å². The number of pyridine rings is 1. The number of halogens is 1. The van der Waals surface area contributed by atoms with Crippen molar-refractivity contribution in [2.75, 3.05) is 13.1 Å². The van der Waals surface area contributed by atoms with Gasteiger partial charge in [-0.05, 0) is 67.8 Å². The van der Waals surface area contributed by atoms with Crippen molar-refractivity contribution in [3.05, 3.63) is 94.8 Å². The number of amides is 2. The van der Waals surface area contributed by atoms with Crippen LogP contribution in [0.15, 0.2) is 73.1 Å². The molecule has 2 aromatic carbocycles. The van der Waals surface area contributed by atoms with Gasteiger partial charge in [0, 0.05) is 41.6 Å². The summed E-state index contributed by atoms with van der Waals surface area (Å²) >= 11 is 5.93. The molecular weight excluding hydrogens is 450 g/mol. The van der Waals surface area contributed by atoms with Gasteiger partial charge in [-0.1, -0.05) is 29.8 Å². The van der Waals surface area contributed by atoms with Gasteiger partial charge in [-0.3, -0.25) is 14.6 Å². The number of rotatable bonds is 7. The Labute approximate surface area is 204 Å². The highest BCUT2D eigenvalue weighted by molar-refractivity contribution is 6.30. The lowest BCUT2D eigenvalue weighted by Crippen LogP contribution is -2.45. The highest BCUT2D eigenvalue weighted by Gasteiger charge is 2.29. The van der Waals surface area contributed by atoms with E-state index in [-0.39, 0.29) is 23.8 Å². The lowest BCUT2D eigenvalue weighted by molar-refractivity contribution is -0.127. The Balaban J connectivity index is 1.30. The Morgan fingerprint density at radius 2 is 1.91 bits per heavy atom. The molecule has 3 aromatic rings. The van der Waals surface area contributed by atoms with E-state index < -0.39 is 0 Å². The van der Waals surface area contributed by atoms with Gasteiger partial charge in [0.25, 0.3) is 5.91 Å². The normalized spacial score (nSPS) is 16.5. The van der Waals surface area contributed by atoms with Gasteiger partial charge < -0.3 is 15.0 Å². The Bertz CT molecular complexity index is 1100. The van der Waals surface area contributed by atoms with Crippen LogP contribution in [0.2, 0.25) is 5.02 Å². The van der Waals surface area contributed by atoms with E-state index in [2.05, 4.69) is 10.3 Å². The number of carbonyl (C=O) groups is 2. The summed E-state index contributed by atoms with van der Waals surface area (Å²) in [5.41, 5.74) is 2.58. The Kier molecular flexibility index (Phi) is 7.80. The topological polar surface area (TPSA) is 71.5 Å². The minimum Gasteiger partial charge on any atom is -0.489 e. The maximum absolute atomic E-state index is 13.0. The van der Waals surface area contributed by atoms with Crippen molar-refractivity contribution in [3.8, 4) is 5.75 Å². The Morgan fingerprint density at radius 1 is 1.15 bits per heavy atom. The van der Waals surface area contributed by atoms with Crippen molar-refractivity contribution in [3.63, 3.8) is 0 Å². The fraction of sp³-hybridized carbons (Fsp3) is 0.296. The molecule has 1 aliphatic rings. The molecular formula is C27H28ClN3O3. The van der Waals surface area contributed by atoms with Crippen LogP contribution in [-0.4, -0.2) is 34.8 Å². The number of hydrogen-bond acceptors (Lipinski definition) is 4. The largest absolute Gasteiger partial charge is 0.489 e. The third-order valence-corrected chi connectivity index (χ3v) is 6.29. The molecule has 6 nitrogen and oxygen atoms in total. The van der Waals surface area contributed by atoms with Crippen LogP contribution < -0.4 is 10.1 Å². The van der Waals surface area contributed by atoms with Crippen molar-refractivity contribution in [2.24, 2.45) is 5.92 Å².